The van der Waals surface area contributed by atoms with Crippen LogP contribution in [-0.4, -0.2) is 17.6 Å². The van der Waals surface area contributed by atoms with Crippen molar-refractivity contribution in [1.82, 2.24) is 4.98 Å². The molecule has 3 heteroatoms. The van der Waals surface area contributed by atoms with Crippen LogP contribution in [0.3, 0.4) is 0 Å². The number of benzene rings is 1. The van der Waals surface area contributed by atoms with Crippen molar-refractivity contribution in [3.8, 4) is 17.0 Å². The second kappa shape index (κ2) is 4.42. The normalized spacial score (nSPS) is 17.3. The molecule has 0 saturated heterocycles. The van der Waals surface area contributed by atoms with Crippen LogP contribution in [0.5, 0.6) is 5.75 Å². The number of hydrogen-bond acceptors (Lipinski definition) is 3. The highest BCUT2D eigenvalue weighted by molar-refractivity contribution is 5.72. The number of rotatable bonds is 2. The molecule has 2 N–H and O–H groups in total. The molecule has 0 saturated carbocycles. The predicted molar refractivity (Wildman–Crippen MR) is 71.6 cm³/mol. The van der Waals surface area contributed by atoms with Gasteiger partial charge < -0.3 is 10.5 Å². The maximum absolute atomic E-state index is 5.93. The highest BCUT2D eigenvalue weighted by Crippen LogP contribution is 2.38. The quantitative estimate of drug-likeness (QED) is 0.876. The molecule has 3 rings (SSSR count). The molecule has 3 nitrogen and oxygen atoms in total. The predicted octanol–water partition coefficient (Wildman–Crippen LogP) is 2.32. The maximum atomic E-state index is 5.93. The van der Waals surface area contributed by atoms with Crippen LogP contribution >= 0.6 is 0 Å². The molecule has 0 amide bonds. The van der Waals surface area contributed by atoms with Gasteiger partial charge in [0.15, 0.2) is 0 Å². The third kappa shape index (κ3) is 1.77. The molecule has 1 aromatic carbocycles. The third-order valence-corrected chi connectivity index (χ3v) is 3.36. The average Bonchev–Trinajstić information content (AvgIpc) is 2.82. The van der Waals surface area contributed by atoms with E-state index < -0.39 is 0 Å². The first kappa shape index (κ1) is 11.2. The van der Waals surface area contributed by atoms with E-state index in [2.05, 4.69) is 36.2 Å². The summed E-state index contributed by atoms with van der Waals surface area (Å²) in [6, 6.07) is 10.2. The molecular weight excluding hydrogens is 224 g/mol. The fraction of sp³-hybridized carbons (Fsp3) is 0.267. The highest BCUT2D eigenvalue weighted by atomic mass is 16.5. The minimum Gasteiger partial charge on any atom is -0.488 e. The van der Waals surface area contributed by atoms with Crippen LogP contribution < -0.4 is 10.5 Å². The van der Waals surface area contributed by atoms with Crippen LogP contribution in [0.2, 0.25) is 0 Å². The van der Waals surface area contributed by atoms with E-state index >= 15 is 0 Å². The summed E-state index contributed by atoms with van der Waals surface area (Å²) in [4.78, 5) is 4.47. The molecule has 92 valence electrons. The number of aromatic nitrogens is 1. The first-order chi connectivity index (χ1) is 8.79. The van der Waals surface area contributed by atoms with Crippen molar-refractivity contribution in [3.05, 3.63) is 47.7 Å². The second-order valence-electron chi connectivity index (χ2n) is 4.64. The minimum atomic E-state index is 0.102. The summed E-state index contributed by atoms with van der Waals surface area (Å²) < 4.78 is 5.93. The number of pyridine rings is 1. The molecule has 1 aliphatic heterocycles. The molecule has 0 radical (unpaired) electrons. The number of nitrogens with zero attached hydrogens (tertiary/aromatic N) is 1. The van der Waals surface area contributed by atoms with Gasteiger partial charge in [-0.3, -0.25) is 4.98 Å². The van der Waals surface area contributed by atoms with Crippen molar-refractivity contribution < 1.29 is 4.74 Å². The van der Waals surface area contributed by atoms with Gasteiger partial charge in [-0.25, -0.2) is 0 Å². The average molecular weight is 240 g/mol. The minimum absolute atomic E-state index is 0.102. The number of fused-ring (bicyclic) bond motifs is 1. The lowest BCUT2D eigenvalue weighted by Gasteiger charge is -2.11. The molecular formula is C15H16N2O. The Balaban J connectivity index is 2.11. The fourth-order valence-electron chi connectivity index (χ4n) is 2.42. The van der Waals surface area contributed by atoms with E-state index in [-0.39, 0.29) is 6.10 Å². The van der Waals surface area contributed by atoms with Crippen molar-refractivity contribution in [3.63, 3.8) is 0 Å². The van der Waals surface area contributed by atoms with Crippen LogP contribution in [0.25, 0.3) is 11.3 Å². The highest BCUT2D eigenvalue weighted by Gasteiger charge is 2.25. The number of hydrogen-bond donors (Lipinski definition) is 1. The van der Waals surface area contributed by atoms with Crippen LogP contribution in [0.15, 0.2) is 36.5 Å². The van der Waals surface area contributed by atoms with Crippen LogP contribution in [0, 0.1) is 6.92 Å². The Bertz CT molecular complexity index is 580. The molecule has 0 fully saturated rings. The zero-order chi connectivity index (χ0) is 12.5. The number of aryl methyl sites for hydroxylation is 1. The standard InChI is InChI=1S/C15H16N2O/c1-10-4-3-7-17-14(10)13-6-2-5-11-8-12(9-16)18-15(11)13/h2-7,12H,8-9,16H2,1H3. The molecule has 1 atom stereocenters. The first-order valence-corrected chi connectivity index (χ1v) is 6.20. The van der Waals surface area contributed by atoms with Gasteiger partial charge >= 0.3 is 0 Å². The summed E-state index contributed by atoms with van der Waals surface area (Å²) in [7, 11) is 0. The van der Waals surface area contributed by atoms with Gasteiger partial charge in [-0.1, -0.05) is 18.2 Å². The lowest BCUT2D eigenvalue weighted by atomic mass is 10.0. The summed E-state index contributed by atoms with van der Waals surface area (Å²) in [6.07, 6.45) is 2.81. The molecule has 0 bridgehead atoms. The smallest absolute Gasteiger partial charge is 0.132 e. The van der Waals surface area contributed by atoms with Crippen molar-refractivity contribution in [2.24, 2.45) is 5.73 Å². The lowest BCUT2D eigenvalue weighted by Crippen LogP contribution is -2.24. The number of para-hydroxylation sites is 1. The Morgan fingerprint density at radius 2 is 2.22 bits per heavy atom. The molecule has 18 heavy (non-hydrogen) atoms. The Labute approximate surface area is 107 Å². The molecule has 1 unspecified atom stereocenters. The van der Waals surface area contributed by atoms with Crippen molar-refractivity contribution in [2.45, 2.75) is 19.4 Å². The van der Waals surface area contributed by atoms with Crippen molar-refractivity contribution >= 4 is 0 Å². The molecule has 2 heterocycles. The summed E-state index contributed by atoms with van der Waals surface area (Å²) in [6.45, 7) is 2.62. The Morgan fingerprint density at radius 1 is 1.33 bits per heavy atom. The summed E-state index contributed by atoms with van der Waals surface area (Å²) >= 11 is 0. The molecule has 1 aromatic heterocycles. The van der Waals surface area contributed by atoms with E-state index in [4.69, 9.17) is 10.5 Å². The Hall–Kier alpha value is -1.87. The number of nitrogens with two attached hydrogens (primary N) is 1. The summed E-state index contributed by atoms with van der Waals surface area (Å²) in [5.41, 5.74) is 10.1. The van der Waals surface area contributed by atoms with Crippen LogP contribution in [0.1, 0.15) is 11.1 Å². The van der Waals surface area contributed by atoms with E-state index in [1.807, 2.05) is 12.3 Å². The lowest BCUT2D eigenvalue weighted by molar-refractivity contribution is 0.242. The number of ether oxygens (including phenoxy) is 1. The Kier molecular flexibility index (Phi) is 2.76. The van der Waals surface area contributed by atoms with Gasteiger partial charge in [0.2, 0.25) is 0 Å². The van der Waals surface area contributed by atoms with E-state index in [0.717, 1.165) is 29.0 Å². The largest absolute Gasteiger partial charge is 0.488 e. The molecule has 1 aliphatic rings. The molecule has 2 aromatic rings. The van der Waals surface area contributed by atoms with Gasteiger partial charge in [0.25, 0.3) is 0 Å². The van der Waals surface area contributed by atoms with Crippen molar-refractivity contribution in [1.29, 1.82) is 0 Å². The van der Waals surface area contributed by atoms with E-state index in [9.17, 15) is 0 Å². The zero-order valence-electron chi connectivity index (χ0n) is 10.4. The van der Waals surface area contributed by atoms with Gasteiger partial charge in [0.05, 0.1) is 5.69 Å². The van der Waals surface area contributed by atoms with Crippen molar-refractivity contribution in [2.75, 3.05) is 6.54 Å². The summed E-state index contributed by atoms with van der Waals surface area (Å²) in [5, 5.41) is 0. The van der Waals surface area contributed by atoms with Gasteiger partial charge in [-0.15, -0.1) is 0 Å². The van der Waals surface area contributed by atoms with Gasteiger partial charge in [0.1, 0.15) is 11.9 Å². The second-order valence-corrected chi connectivity index (χ2v) is 4.64. The van der Waals surface area contributed by atoms with Gasteiger partial charge in [-0.05, 0) is 30.2 Å². The van der Waals surface area contributed by atoms with Gasteiger partial charge in [-0.2, -0.15) is 0 Å². The van der Waals surface area contributed by atoms with E-state index in [1.54, 1.807) is 0 Å². The first-order valence-electron chi connectivity index (χ1n) is 6.20. The Morgan fingerprint density at radius 3 is 3.00 bits per heavy atom. The topological polar surface area (TPSA) is 48.1 Å². The summed E-state index contributed by atoms with van der Waals surface area (Å²) in [5.74, 6) is 0.953. The zero-order valence-corrected chi connectivity index (χ0v) is 10.4. The van der Waals surface area contributed by atoms with Gasteiger partial charge in [0, 0.05) is 24.7 Å². The van der Waals surface area contributed by atoms with Crippen LogP contribution in [0.4, 0.5) is 0 Å². The molecule has 0 aliphatic carbocycles. The van der Waals surface area contributed by atoms with Crippen LogP contribution in [-0.2, 0) is 6.42 Å². The maximum Gasteiger partial charge on any atom is 0.132 e. The van der Waals surface area contributed by atoms with E-state index in [0.29, 0.717) is 6.54 Å². The molecule has 0 spiro atoms. The fourth-order valence-corrected chi connectivity index (χ4v) is 2.42. The van der Waals surface area contributed by atoms with E-state index in [1.165, 1.54) is 5.56 Å². The monoisotopic (exact) mass is 240 g/mol. The third-order valence-electron chi connectivity index (χ3n) is 3.36. The SMILES string of the molecule is Cc1cccnc1-c1cccc2c1OC(CN)C2.